The minimum absolute atomic E-state index is 0.158. The van der Waals surface area contributed by atoms with Gasteiger partial charge in [0.1, 0.15) is 0 Å². The summed E-state index contributed by atoms with van der Waals surface area (Å²) in [5, 5.41) is 5.27. The fourth-order valence-corrected chi connectivity index (χ4v) is 3.91. The van der Waals surface area contributed by atoms with E-state index in [4.69, 9.17) is 23.2 Å². The van der Waals surface area contributed by atoms with Crippen LogP contribution in [0.3, 0.4) is 0 Å². The van der Waals surface area contributed by atoms with E-state index >= 15 is 0 Å². The molecule has 29 heavy (non-hydrogen) atoms. The Morgan fingerprint density at radius 1 is 0.966 bits per heavy atom. The molecule has 0 radical (unpaired) electrons. The highest BCUT2D eigenvalue weighted by molar-refractivity contribution is 6.42. The molecule has 0 bridgehead atoms. The number of carbonyl (C=O) groups excluding carboxylic acids is 1. The summed E-state index contributed by atoms with van der Waals surface area (Å²) in [7, 11) is 1.91. The third-order valence-corrected chi connectivity index (χ3v) is 5.96. The normalized spacial score (nSPS) is 14.9. The number of anilines is 1. The summed E-state index contributed by atoms with van der Waals surface area (Å²) in [4.78, 5) is 16.8. The summed E-state index contributed by atoms with van der Waals surface area (Å²) in [6.07, 6.45) is 4.35. The SMILES string of the molecule is Cn1cc(-c2ccc(N3CCC(=O)N(Cc4ccc(Cl)c(Cl)c4)CC3)cc2)cn1. The predicted octanol–water partition coefficient (Wildman–Crippen LogP) is 4.63. The number of halogens is 2. The summed E-state index contributed by atoms with van der Waals surface area (Å²) >= 11 is 12.1. The molecular formula is C22H22Cl2N4O. The zero-order valence-corrected chi connectivity index (χ0v) is 17.7. The molecule has 0 unspecified atom stereocenters. The fourth-order valence-electron chi connectivity index (χ4n) is 3.59. The second kappa shape index (κ2) is 8.47. The largest absolute Gasteiger partial charge is 0.369 e. The lowest BCUT2D eigenvalue weighted by Crippen LogP contribution is -2.32. The second-order valence-electron chi connectivity index (χ2n) is 7.25. The van der Waals surface area contributed by atoms with Crippen molar-refractivity contribution in [3.05, 3.63) is 70.5 Å². The Morgan fingerprint density at radius 2 is 1.76 bits per heavy atom. The van der Waals surface area contributed by atoms with Crippen molar-refractivity contribution in [2.24, 2.45) is 7.05 Å². The highest BCUT2D eigenvalue weighted by Gasteiger charge is 2.21. The first-order valence-corrected chi connectivity index (χ1v) is 10.3. The van der Waals surface area contributed by atoms with Crippen molar-refractivity contribution in [3.8, 4) is 11.1 Å². The molecule has 1 aromatic heterocycles. The number of aromatic nitrogens is 2. The molecule has 1 aliphatic rings. The van der Waals surface area contributed by atoms with Gasteiger partial charge in [-0.3, -0.25) is 9.48 Å². The van der Waals surface area contributed by atoms with Gasteiger partial charge >= 0.3 is 0 Å². The fraction of sp³-hybridized carbons (Fsp3) is 0.273. The van der Waals surface area contributed by atoms with Crippen molar-refractivity contribution < 1.29 is 4.79 Å². The molecule has 4 rings (SSSR count). The number of amides is 1. The lowest BCUT2D eigenvalue weighted by Gasteiger charge is -2.24. The Bertz CT molecular complexity index is 1020. The second-order valence-corrected chi connectivity index (χ2v) is 8.06. The zero-order chi connectivity index (χ0) is 20.4. The Balaban J connectivity index is 1.43. The van der Waals surface area contributed by atoms with Gasteiger partial charge in [-0.1, -0.05) is 41.4 Å². The van der Waals surface area contributed by atoms with Crippen LogP contribution in [0, 0.1) is 0 Å². The quantitative estimate of drug-likeness (QED) is 0.607. The highest BCUT2D eigenvalue weighted by Crippen LogP contribution is 2.25. The van der Waals surface area contributed by atoms with Crippen molar-refractivity contribution in [3.63, 3.8) is 0 Å². The smallest absolute Gasteiger partial charge is 0.224 e. The van der Waals surface area contributed by atoms with Crippen LogP contribution in [0.5, 0.6) is 0 Å². The first kappa shape index (κ1) is 19.8. The summed E-state index contributed by atoms with van der Waals surface area (Å²) in [5.41, 5.74) is 4.34. The minimum Gasteiger partial charge on any atom is -0.369 e. The molecule has 2 aromatic carbocycles. The van der Waals surface area contributed by atoms with Crippen LogP contribution in [-0.4, -0.2) is 40.2 Å². The monoisotopic (exact) mass is 428 g/mol. The first-order valence-electron chi connectivity index (χ1n) is 9.55. The van der Waals surface area contributed by atoms with Crippen LogP contribution >= 0.6 is 23.2 Å². The highest BCUT2D eigenvalue weighted by atomic mass is 35.5. The molecular weight excluding hydrogens is 407 g/mol. The number of nitrogens with zero attached hydrogens (tertiary/aromatic N) is 4. The van der Waals surface area contributed by atoms with Gasteiger partial charge in [0.2, 0.25) is 5.91 Å². The molecule has 2 heterocycles. The van der Waals surface area contributed by atoms with Gasteiger partial charge in [0.25, 0.3) is 0 Å². The van der Waals surface area contributed by atoms with Gasteiger partial charge in [-0.2, -0.15) is 5.10 Å². The van der Waals surface area contributed by atoms with Gasteiger partial charge < -0.3 is 9.80 Å². The molecule has 0 N–H and O–H groups in total. The molecule has 0 aliphatic carbocycles. The Hall–Kier alpha value is -2.50. The van der Waals surface area contributed by atoms with Gasteiger partial charge in [-0.15, -0.1) is 0 Å². The lowest BCUT2D eigenvalue weighted by atomic mass is 10.1. The predicted molar refractivity (Wildman–Crippen MR) is 117 cm³/mol. The van der Waals surface area contributed by atoms with E-state index in [9.17, 15) is 4.79 Å². The molecule has 7 heteroatoms. The third-order valence-electron chi connectivity index (χ3n) is 5.22. The third kappa shape index (κ3) is 4.57. The number of rotatable bonds is 4. The van der Waals surface area contributed by atoms with Crippen LogP contribution in [-0.2, 0) is 18.4 Å². The summed E-state index contributed by atoms with van der Waals surface area (Å²) < 4.78 is 1.80. The number of benzene rings is 2. The molecule has 1 saturated heterocycles. The van der Waals surface area contributed by atoms with Crippen molar-refractivity contribution >= 4 is 34.8 Å². The van der Waals surface area contributed by atoms with E-state index in [2.05, 4.69) is 34.3 Å². The van der Waals surface area contributed by atoms with Crippen molar-refractivity contribution in [2.45, 2.75) is 13.0 Å². The number of hydrogen-bond donors (Lipinski definition) is 0. The van der Waals surface area contributed by atoms with Gasteiger partial charge in [-0.05, 0) is 35.4 Å². The molecule has 1 amide bonds. The molecule has 0 atom stereocenters. The maximum atomic E-state index is 12.6. The van der Waals surface area contributed by atoms with Crippen molar-refractivity contribution in [1.29, 1.82) is 0 Å². The van der Waals surface area contributed by atoms with E-state index in [1.54, 1.807) is 10.7 Å². The Kier molecular flexibility index (Phi) is 5.79. The van der Waals surface area contributed by atoms with E-state index in [1.165, 1.54) is 0 Å². The van der Waals surface area contributed by atoms with E-state index in [0.29, 0.717) is 36.1 Å². The lowest BCUT2D eigenvalue weighted by molar-refractivity contribution is -0.130. The Labute approximate surface area is 180 Å². The molecule has 1 aliphatic heterocycles. The molecule has 0 saturated carbocycles. The molecule has 0 spiro atoms. The molecule has 1 fully saturated rings. The summed E-state index contributed by atoms with van der Waals surface area (Å²) in [6.45, 7) is 2.72. The standard InChI is InChI=1S/C22H22Cl2N4O/c1-26-15-18(13-25-26)17-3-5-19(6-4-17)27-9-8-22(29)28(11-10-27)14-16-2-7-20(23)21(24)12-16/h2-7,12-13,15H,8-11,14H2,1H3. The van der Waals surface area contributed by atoms with E-state index in [0.717, 1.165) is 28.9 Å². The van der Waals surface area contributed by atoms with Crippen LogP contribution in [0.2, 0.25) is 10.0 Å². The van der Waals surface area contributed by atoms with Crippen LogP contribution in [0.4, 0.5) is 5.69 Å². The zero-order valence-electron chi connectivity index (χ0n) is 16.2. The minimum atomic E-state index is 0.158. The van der Waals surface area contributed by atoms with Gasteiger partial charge in [0.15, 0.2) is 0 Å². The van der Waals surface area contributed by atoms with Gasteiger partial charge in [0, 0.05) is 57.1 Å². The first-order chi connectivity index (χ1) is 14.0. The van der Waals surface area contributed by atoms with Crippen LogP contribution in [0.25, 0.3) is 11.1 Å². The average molecular weight is 429 g/mol. The van der Waals surface area contributed by atoms with Gasteiger partial charge in [0.05, 0.1) is 16.2 Å². The van der Waals surface area contributed by atoms with E-state index in [1.807, 2.05) is 36.5 Å². The average Bonchev–Trinajstić information content (AvgIpc) is 3.07. The molecule has 150 valence electrons. The van der Waals surface area contributed by atoms with Crippen LogP contribution < -0.4 is 4.90 Å². The number of hydrogen-bond acceptors (Lipinski definition) is 3. The van der Waals surface area contributed by atoms with Crippen LogP contribution in [0.15, 0.2) is 54.9 Å². The summed E-state index contributed by atoms with van der Waals surface area (Å²) in [6, 6.07) is 14.0. The summed E-state index contributed by atoms with van der Waals surface area (Å²) in [5.74, 6) is 0.158. The number of aryl methyl sites for hydroxylation is 1. The van der Waals surface area contributed by atoms with E-state index < -0.39 is 0 Å². The molecule has 3 aromatic rings. The molecule has 5 nitrogen and oxygen atoms in total. The van der Waals surface area contributed by atoms with Gasteiger partial charge in [-0.25, -0.2) is 0 Å². The van der Waals surface area contributed by atoms with E-state index in [-0.39, 0.29) is 5.91 Å². The topological polar surface area (TPSA) is 41.4 Å². The maximum Gasteiger partial charge on any atom is 0.224 e. The number of carbonyl (C=O) groups is 1. The Morgan fingerprint density at radius 3 is 2.45 bits per heavy atom. The van der Waals surface area contributed by atoms with Crippen molar-refractivity contribution in [2.75, 3.05) is 24.5 Å². The maximum absolute atomic E-state index is 12.6. The van der Waals surface area contributed by atoms with Crippen molar-refractivity contribution in [1.82, 2.24) is 14.7 Å². The van der Waals surface area contributed by atoms with Crippen LogP contribution in [0.1, 0.15) is 12.0 Å².